The summed E-state index contributed by atoms with van der Waals surface area (Å²) in [6.07, 6.45) is 2.84. The van der Waals surface area contributed by atoms with Gasteiger partial charge < -0.3 is 10.6 Å². The van der Waals surface area contributed by atoms with Crippen molar-refractivity contribution in [1.82, 2.24) is 10.6 Å². The van der Waals surface area contributed by atoms with E-state index in [-0.39, 0.29) is 17.4 Å². The van der Waals surface area contributed by atoms with Crippen molar-refractivity contribution in [2.45, 2.75) is 58.4 Å². The second-order valence-corrected chi connectivity index (χ2v) is 7.56. The van der Waals surface area contributed by atoms with Gasteiger partial charge >= 0.3 is 0 Å². The minimum Gasteiger partial charge on any atom is -0.350 e. The molecular formula is C19H30N2O. The molecule has 1 aliphatic heterocycles. The topological polar surface area (TPSA) is 41.1 Å². The Morgan fingerprint density at radius 3 is 2.55 bits per heavy atom. The first-order chi connectivity index (χ1) is 10.4. The molecule has 0 radical (unpaired) electrons. The summed E-state index contributed by atoms with van der Waals surface area (Å²) >= 11 is 0. The van der Waals surface area contributed by atoms with Gasteiger partial charge in [0.2, 0.25) is 5.91 Å². The molecule has 0 aliphatic carbocycles. The molecule has 2 rings (SSSR count). The van der Waals surface area contributed by atoms with E-state index in [1.165, 1.54) is 17.5 Å². The summed E-state index contributed by atoms with van der Waals surface area (Å²) < 4.78 is 0. The summed E-state index contributed by atoms with van der Waals surface area (Å²) in [5.41, 5.74) is 2.66. The molecule has 2 unspecified atom stereocenters. The van der Waals surface area contributed by atoms with Crippen LogP contribution in [-0.2, 0) is 10.2 Å². The average molecular weight is 302 g/mol. The molecule has 1 aromatic rings. The Bertz CT molecular complexity index is 481. The Morgan fingerprint density at radius 2 is 2.00 bits per heavy atom. The zero-order valence-electron chi connectivity index (χ0n) is 14.4. The first-order valence-corrected chi connectivity index (χ1v) is 8.47. The molecule has 3 heteroatoms. The summed E-state index contributed by atoms with van der Waals surface area (Å²) in [6, 6.07) is 8.67. The largest absolute Gasteiger partial charge is 0.350 e. The smallest absolute Gasteiger partial charge is 0.220 e. The van der Waals surface area contributed by atoms with Gasteiger partial charge in [-0.2, -0.15) is 0 Å². The van der Waals surface area contributed by atoms with E-state index in [1.807, 2.05) is 0 Å². The van der Waals surface area contributed by atoms with Crippen LogP contribution in [-0.4, -0.2) is 19.0 Å². The fourth-order valence-corrected chi connectivity index (χ4v) is 2.96. The van der Waals surface area contributed by atoms with Gasteiger partial charge in [-0.25, -0.2) is 0 Å². The number of carbonyl (C=O) groups is 1. The molecule has 22 heavy (non-hydrogen) atoms. The molecule has 0 aromatic heterocycles. The maximum atomic E-state index is 12.1. The maximum absolute atomic E-state index is 12.1. The summed E-state index contributed by atoms with van der Waals surface area (Å²) in [6.45, 7) is 10.9. The highest BCUT2D eigenvalue weighted by atomic mass is 16.1. The molecule has 0 bridgehead atoms. The lowest BCUT2D eigenvalue weighted by Crippen LogP contribution is -2.27. The molecule has 3 nitrogen and oxygen atoms in total. The van der Waals surface area contributed by atoms with Crippen molar-refractivity contribution in [1.29, 1.82) is 0 Å². The van der Waals surface area contributed by atoms with E-state index in [2.05, 4.69) is 62.6 Å². The van der Waals surface area contributed by atoms with Gasteiger partial charge in [-0.05, 0) is 55.3 Å². The van der Waals surface area contributed by atoms with Crippen LogP contribution in [0.25, 0.3) is 0 Å². The molecule has 1 aliphatic rings. The highest BCUT2D eigenvalue weighted by Gasteiger charge is 2.17. The minimum atomic E-state index is 0.0724. The molecule has 1 saturated heterocycles. The van der Waals surface area contributed by atoms with Gasteiger partial charge in [0, 0.05) is 6.42 Å². The van der Waals surface area contributed by atoms with E-state index in [0.29, 0.717) is 12.3 Å². The zero-order valence-corrected chi connectivity index (χ0v) is 14.4. The van der Waals surface area contributed by atoms with Crippen molar-refractivity contribution in [2.75, 3.05) is 13.1 Å². The molecule has 2 atom stereocenters. The minimum absolute atomic E-state index is 0.0724. The van der Waals surface area contributed by atoms with Crippen LogP contribution in [0.15, 0.2) is 24.3 Å². The van der Waals surface area contributed by atoms with Gasteiger partial charge in [0.05, 0.1) is 6.04 Å². The SMILES string of the molecule is CC(NC(=O)CCC1CCNC1)c1ccc(C(C)(C)C)cc1. The average Bonchev–Trinajstić information content (AvgIpc) is 2.97. The summed E-state index contributed by atoms with van der Waals surface area (Å²) in [4.78, 5) is 12.1. The molecule has 1 heterocycles. The van der Waals surface area contributed by atoms with Crippen molar-refractivity contribution >= 4 is 5.91 Å². The monoisotopic (exact) mass is 302 g/mol. The number of benzene rings is 1. The molecule has 122 valence electrons. The normalized spacial score (nSPS) is 19.9. The number of rotatable bonds is 5. The van der Waals surface area contributed by atoms with E-state index in [1.54, 1.807) is 0 Å². The maximum Gasteiger partial charge on any atom is 0.220 e. The van der Waals surface area contributed by atoms with E-state index in [9.17, 15) is 4.79 Å². The van der Waals surface area contributed by atoms with Gasteiger partial charge in [0.15, 0.2) is 0 Å². The van der Waals surface area contributed by atoms with Crippen molar-refractivity contribution < 1.29 is 4.79 Å². The first-order valence-electron chi connectivity index (χ1n) is 8.47. The van der Waals surface area contributed by atoms with Crippen LogP contribution in [0.1, 0.15) is 64.1 Å². The van der Waals surface area contributed by atoms with E-state index in [4.69, 9.17) is 0 Å². The molecule has 0 saturated carbocycles. The first kappa shape index (κ1) is 17.0. The van der Waals surface area contributed by atoms with Crippen LogP contribution in [0.5, 0.6) is 0 Å². The van der Waals surface area contributed by atoms with Crippen LogP contribution < -0.4 is 10.6 Å². The highest BCUT2D eigenvalue weighted by molar-refractivity contribution is 5.76. The fourth-order valence-electron chi connectivity index (χ4n) is 2.96. The van der Waals surface area contributed by atoms with Gasteiger partial charge in [0.25, 0.3) is 0 Å². The summed E-state index contributed by atoms with van der Waals surface area (Å²) in [5.74, 6) is 0.839. The third-order valence-corrected chi connectivity index (χ3v) is 4.60. The number of hydrogen-bond donors (Lipinski definition) is 2. The second-order valence-electron chi connectivity index (χ2n) is 7.56. The van der Waals surface area contributed by atoms with Gasteiger partial charge in [-0.3, -0.25) is 4.79 Å². The van der Waals surface area contributed by atoms with E-state index in [0.717, 1.165) is 19.5 Å². The predicted octanol–water partition coefficient (Wildman–Crippen LogP) is 3.55. The quantitative estimate of drug-likeness (QED) is 0.873. The van der Waals surface area contributed by atoms with E-state index < -0.39 is 0 Å². The molecular weight excluding hydrogens is 272 g/mol. The van der Waals surface area contributed by atoms with Gasteiger partial charge in [-0.15, -0.1) is 0 Å². The second kappa shape index (κ2) is 7.28. The van der Waals surface area contributed by atoms with Gasteiger partial charge in [0.1, 0.15) is 0 Å². The number of nitrogens with one attached hydrogen (secondary N) is 2. The lowest BCUT2D eigenvalue weighted by atomic mass is 9.86. The molecule has 1 aromatic carbocycles. The third kappa shape index (κ3) is 4.84. The van der Waals surface area contributed by atoms with Crippen LogP contribution in [0, 0.1) is 5.92 Å². The fraction of sp³-hybridized carbons (Fsp3) is 0.632. The van der Waals surface area contributed by atoms with Crippen LogP contribution >= 0.6 is 0 Å². The zero-order chi connectivity index (χ0) is 16.2. The Kier molecular flexibility index (Phi) is 5.63. The van der Waals surface area contributed by atoms with Crippen LogP contribution in [0.2, 0.25) is 0 Å². The van der Waals surface area contributed by atoms with Gasteiger partial charge in [-0.1, -0.05) is 45.0 Å². The van der Waals surface area contributed by atoms with Crippen molar-refractivity contribution in [3.8, 4) is 0 Å². The Hall–Kier alpha value is -1.35. The van der Waals surface area contributed by atoms with Crippen LogP contribution in [0.4, 0.5) is 0 Å². The van der Waals surface area contributed by atoms with Crippen molar-refractivity contribution in [3.05, 3.63) is 35.4 Å². The van der Waals surface area contributed by atoms with E-state index >= 15 is 0 Å². The Morgan fingerprint density at radius 1 is 1.32 bits per heavy atom. The highest BCUT2D eigenvalue weighted by Crippen LogP contribution is 2.24. The lowest BCUT2D eigenvalue weighted by molar-refractivity contribution is -0.122. The van der Waals surface area contributed by atoms with Crippen molar-refractivity contribution in [3.63, 3.8) is 0 Å². The predicted molar refractivity (Wildman–Crippen MR) is 91.9 cm³/mol. The van der Waals surface area contributed by atoms with Crippen LogP contribution in [0.3, 0.4) is 0 Å². The third-order valence-electron chi connectivity index (χ3n) is 4.60. The molecule has 1 fully saturated rings. The molecule has 1 amide bonds. The molecule has 2 N–H and O–H groups in total. The van der Waals surface area contributed by atoms with Crippen molar-refractivity contribution in [2.24, 2.45) is 5.92 Å². The summed E-state index contributed by atoms with van der Waals surface area (Å²) in [7, 11) is 0. The standard InChI is InChI=1S/C19H30N2O/c1-14(16-6-8-17(9-7-16)19(2,3)4)21-18(22)10-5-15-11-12-20-13-15/h6-9,14-15,20H,5,10-13H2,1-4H3,(H,21,22). The lowest BCUT2D eigenvalue weighted by Gasteiger charge is -2.21. The summed E-state index contributed by atoms with van der Waals surface area (Å²) in [5, 5.41) is 6.47. The molecule has 0 spiro atoms. The Labute approximate surface area is 134 Å². The number of carbonyl (C=O) groups excluding carboxylic acids is 1. The number of amides is 1. The Balaban J connectivity index is 1.83. The number of hydrogen-bond acceptors (Lipinski definition) is 2.